The molecule has 88 valence electrons. The van der Waals surface area contributed by atoms with Crippen molar-refractivity contribution in [3.63, 3.8) is 0 Å². The molecule has 0 spiro atoms. The van der Waals surface area contributed by atoms with Crippen LogP contribution in [0.1, 0.15) is 37.2 Å². The van der Waals surface area contributed by atoms with E-state index < -0.39 is 11.9 Å². The summed E-state index contributed by atoms with van der Waals surface area (Å²) in [6.07, 6.45) is 1.82. The highest BCUT2D eigenvalue weighted by molar-refractivity contribution is 5.87. The molecule has 0 saturated carbocycles. The van der Waals surface area contributed by atoms with E-state index in [1.54, 1.807) is 0 Å². The molecule has 1 aromatic rings. The van der Waals surface area contributed by atoms with Crippen LogP contribution in [0.5, 0.6) is 0 Å². The highest BCUT2D eigenvalue weighted by atomic mass is 19.1. The van der Waals surface area contributed by atoms with Gasteiger partial charge in [-0.25, -0.2) is 9.78 Å². The molecular formula is C12H16FNO2. The van der Waals surface area contributed by atoms with Gasteiger partial charge in [0.25, 0.3) is 0 Å². The fourth-order valence-corrected chi connectivity index (χ4v) is 1.25. The van der Waals surface area contributed by atoms with Crippen molar-refractivity contribution in [3.8, 4) is 0 Å². The predicted molar refractivity (Wildman–Crippen MR) is 58.5 cm³/mol. The van der Waals surface area contributed by atoms with Crippen molar-refractivity contribution < 1.29 is 13.9 Å². The minimum atomic E-state index is -0.670. The van der Waals surface area contributed by atoms with E-state index in [0.717, 1.165) is 12.8 Å². The van der Waals surface area contributed by atoms with E-state index in [0.29, 0.717) is 12.5 Å². The van der Waals surface area contributed by atoms with Crippen LogP contribution in [-0.4, -0.2) is 17.6 Å². The lowest BCUT2D eigenvalue weighted by Crippen LogP contribution is -2.09. The van der Waals surface area contributed by atoms with E-state index in [9.17, 15) is 9.18 Å². The molecule has 0 aliphatic rings. The van der Waals surface area contributed by atoms with Crippen molar-refractivity contribution >= 4 is 5.97 Å². The maximum atomic E-state index is 12.7. The molecule has 16 heavy (non-hydrogen) atoms. The monoisotopic (exact) mass is 225 g/mol. The zero-order valence-electron chi connectivity index (χ0n) is 9.57. The number of carbonyl (C=O) groups excluding carboxylic acids is 1. The summed E-state index contributed by atoms with van der Waals surface area (Å²) in [7, 11) is 0. The van der Waals surface area contributed by atoms with Gasteiger partial charge in [0.05, 0.1) is 6.61 Å². The molecule has 1 heterocycles. The Bertz CT molecular complexity index is 353. The molecule has 0 aliphatic carbocycles. The quantitative estimate of drug-likeness (QED) is 0.439. The van der Waals surface area contributed by atoms with Gasteiger partial charge in [-0.05, 0) is 30.9 Å². The summed E-state index contributed by atoms with van der Waals surface area (Å²) in [5.41, 5.74) is 0.0181. The van der Waals surface area contributed by atoms with Gasteiger partial charge in [0.2, 0.25) is 5.95 Å². The first-order valence-electron chi connectivity index (χ1n) is 5.39. The summed E-state index contributed by atoms with van der Waals surface area (Å²) >= 11 is 0. The van der Waals surface area contributed by atoms with Crippen LogP contribution in [0, 0.1) is 11.9 Å². The summed E-state index contributed by atoms with van der Waals surface area (Å²) in [4.78, 5) is 14.8. The zero-order chi connectivity index (χ0) is 12.0. The highest BCUT2D eigenvalue weighted by Crippen LogP contribution is 2.05. The summed E-state index contributed by atoms with van der Waals surface area (Å²) in [6.45, 7) is 4.57. The number of pyridine rings is 1. The van der Waals surface area contributed by atoms with Gasteiger partial charge in [0, 0.05) is 0 Å². The summed E-state index contributed by atoms with van der Waals surface area (Å²) in [5.74, 6) is -0.647. The smallest absolute Gasteiger partial charge is 0.357 e. The highest BCUT2D eigenvalue weighted by Gasteiger charge is 2.09. The van der Waals surface area contributed by atoms with E-state index >= 15 is 0 Å². The van der Waals surface area contributed by atoms with Crippen LogP contribution >= 0.6 is 0 Å². The Morgan fingerprint density at radius 3 is 2.88 bits per heavy atom. The SMILES string of the molecule is CC(C)CCCOC(=O)c1cccc(F)n1. The molecule has 0 amide bonds. The Balaban J connectivity index is 2.35. The van der Waals surface area contributed by atoms with E-state index in [-0.39, 0.29) is 5.69 Å². The maximum Gasteiger partial charge on any atom is 0.357 e. The maximum absolute atomic E-state index is 12.7. The predicted octanol–water partition coefficient (Wildman–Crippen LogP) is 2.81. The van der Waals surface area contributed by atoms with Crippen molar-refractivity contribution in [2.45, 2.75) is 26.7 Å². The molecule has 0 fully saturated rings. The van der Waals surface area contributed by atoms with Gasteiger partial charge < -0.3 is 4.74 Å². The Morgan fingerprint density at radius 1 is 1.50 bits per heavy atom. The molecule has 1 rings (SSSR count). The minimum Gasteiger partial charge on any atom is -0.461 e. The Hall–Kier alpha value is -1.45. The Kier molecular flexibility index (Phi) is 4.89. The topological polar surface area (TPSA) is 39.2 Å². The standard InChI is InChI=1S/C12H16FNO2/c1-9(2)5-4-8-16-12(15)10-6-3-7-11(13)14-10/h3,6-7,9H,4-5,8H2,1-2H3. The van der Waals surface area contributed by atoms with Crippen LogP contribution in [0.2, 0.25) is 0 Å². The number of ether oxygens (including phenoxy) is 1. The van der Waals surface area contributed by atoms with Crippen LogP contribution < -0.4 is 0 Å². The number of halogens is 1. The average molecular weight is 225 g/mol. The summed E-state index contributed by atoms with van der Waals surface area (Å²) < 4.78 is 17.7. The number of hydrogen-bond acceptors (Lipinski definition) is 3. The number of nitrogens with zero attached hydrogens (tertiary/aromatic N) is 1. The molecule has 3 nitrogen and oxygen atoms in total. The lowest BCUT2D eigenvalue weighted by Gasteiger charge is -2.05. The molecule has 4 heteroatoms. The van der Waals surface area contributed by atoms with Gasteiger partial charge in [-0.15, -0.1) is 0 Å². The molecule has 1 aromatic heterocycles. The molecule has 0 saturated heterocycles. The molecule has 0 radical (unpaired) electrons. The first-order chi connectivity index (χ1) is 7.59. The second-order valence-corrected chi connectivity index (χ2v) is 4.02. The molecule has 0 atom stereocenters. The number of carbonyl (C=O) groups is 1. The van der Waals surface area contributed by atoms with Crippen LogP contribution in [0.3, 0.4) is 0 Å². The van der Waals surface area contributed by atoms with Gasteiger partial charge in [-0.3, -0.25) is 0 Å². The molecule has 0 aliphatic heterocycles. The van der Waals surface area contributed by atoms with Crippen molar-refractivity contribution in [1.29, 1.82) is 0 Å². The number of aromatic nitrogens is 1. The van der Waals surface area contributed by atoms with Crippen LogP contribution in [0.25, 0.3) is 0 Å². The Labute approximate surface area is 94.6 Å². The fraction of sp³-hybridized carbons (Fsp3) is 0.500. The summed E-state index contributed by atoms with van der Waals surface area (Å²) in [5, 5.41) is 0. The van der Waals surface area contributed by atoms with Crippen molar-refractivity contribution in [2.75, 3.05) is 6.61 Å². The Morgan fingerprint density at radius 2 is 2.25 bits per heavy atom. The van der Waals surface area contributed by atoms with E-state index in [2.05, 4.69) is 18.8 Å². The third kappa shape index (κ3) is 4.38. The lowest BCUT2D eigenvalue weighted by atomic mass is 10.1. The molecule has 0 unspecified atom stereocenters. The molecule has 0 aromatic carbocycles. The van der Waals surface area contributed by atoms with Crippen LogP contribution in [-0.2, 0) is 4.74 Å². The second kappa shape index (κ2) is 6.20. The fourth-order valence-electron chi connectivity index (χ4n) is 1.25. The van der Waals surface area contributed by atoms with E-state index in [1.165, 1.54) is 18.2 Å². The lowest BCUT2D eigenvalue weighted by molar-refractivity contribution is 0.0486. The zero-order valence-corrected chi connectivity index (χ0v) is 9.57. The third-order valence-electron chi connectivity index (χ3n) is 2.08. The second-order valence-electron chi connectivity index (χ2n) is 4.02. The third-order valence-corrected chi connectivity index (χ3v) is 2.08. The molecule has 0 N–H and O–H groups in total. The van der Waals surface area contributed by atoms with Crippen LogP contribution in [0.4, 0.5) is 4.39 Å². The summed E-state index contributed by atoms with van der Waals surface area (Å²) in [6, 6.07) is 4.07. The van der Waals surface area contributed by atoms with Crippen molar-refractivity contribution in [3.05, 3.63) is 29.8 Å². The number of hydrogen-bond donors (Lipinski definition) is 0. The first-order valence-corrected chi connectivity index (χ1v) is 5.39. The van der Waals surface area contributed by atoms with Gasteiger partial charge in [-0.1, -0.05) is 19.9 Å². The van der Waals surface area contributed by atoms with Crippen molar-refractivity contribution in [1.82, 2.24) is 4.98 Å². The average Bonchev–Trinajstić information content (AvgIpc) is 2.24. The normalized spacial score (nSPS) is 10.5. The minimum absolute atomic E-state index is 0.0181. The van der Waals surface area contributed by atoms with Crippen molar-refractivity contribution in [2.24, 2.45) is 5.92 Å². The van der Waals surface area contributed by atoms with Gasteiger partial charge in [0.1, 0.15) is 0 Å². The van der Waals surface area contributed by atoms with Crippen LogP contribution in [0.15, 0.2) is 18.2 Å². The number of rotatable bonds is 5. The van der Waals surface area contributed by atoms with Gasteiger partial charge in [-0.2, -0.15) is 4.39 Å². The van der Waals surface area contributed by atoms with Gasteiger partial charge in [0.15, 0.2) is 5.69 Å². The van der Waals surface area contributed by atoms with Gasteiger partial charge >= 0.3 is 5.97 Å². The number of esters is 1. The van der Waals surface area contributed by atoms with E-state index in [4.69, 9.17) is 4.74 Å². The molecule has 0 bridgehead atoms. The first kappa shape index (κ1) is 12.6. The van der Waals surface area contributed by atoms with E-state index in [1.807, 2.05) is 0 Å². The largest absolute Gasteiger partial charge is 0.461 e. The molecular weight excluding hydrogens is 209 g/mol.